The number of hydrogen-bond acceptors (Lipinski definition) is 2. The minimum absolute atomic E-state index is 0.0190. The molecule has 0 unspecified atom stereocenters. The first-order chi connectivity index (χ1) is 7.08. The van der Waals surface area contributed by atoms with Gasteiger partial charge in [0.05, 0.1) is 11.7 Å². The molecule has 0 aliphatic carbocycles. The van der Waals surface area contributed by atoms with Crippen molar-refractivity contribution in [3.05, 3.63) is 26.8 Å². The van der Waals surface area contributed by atoms with Crippen LogP contribution >= 0.6 is 22.6 Å². The molecule has 0 radical (unpaired) electrons. The highest BCUT2D eigenvalue weighted by molar-refractivity contribution is 14.1. The maximum atomic E-state index is 11.5. The van der Waals surface area contributed by atoms with Crippen molar-refractivity contribution in [3.8, 4) is 5.75 Å². The smallest absolute Gasteiger partial charge is 0.252 e. The van der Waals surface area contributed by atoms with Gasteiger partial charge in [-0.05, 0) is 54.1 Å². The van der Waals surface area contributed by atoms with Crippen LogP contribution < -0.4 is 10.1 Å². The van der Waals surface area contributed by atoms with Crippen molar-refractivity contribution in [1.29, 1.82) is 0 Å². The zero-order chi connectivity index (χ0) is 11.0. The van der Waals surface area contributed by atoms with E-state index in [0.29, 0.717) is 6.54 Å². The number of halogens is 1. The first-order valence-corrected chi connectivity index (χ1v) is 5.93. The summed E-state index contributed by atoms with van der Waals surface area (Å²) in [7, 11) is 0. The Morgan fingerprint density at radius 1 is 1.47 bits per heavy atom. The number of hydrogen-bond donors (Lipinski definition) is 1. The van der Waals surface area contributed by atoms with Crippen LogP contribution in [-0.2, 0) is 6.54 Å². The van der Waals surface area contributed by atoms with Gasteiger partial charge in [0.25, 0.3) is 5.91 Å². The van der Waals surface area contributed by atoms with Crippen LogP contribution in [0.2, 0.25) is 0 Å². The summed E-state index contributed by atoms with van der Waals surface area (Å²) in [6.45, 7) is 4.59. The van der Waals surface area contributed by atoms with Crippen molar-refractivity contribution < 1.29 is 9.53 Å². The molecule has 0 spiro atoms. The van der Waals surface area contributed by atoms with E-state index in [4.69, 9.17) is 4.74 Å². The number of carbonyl (C=O) groups excluding carboxylic acids is 1. The number of amides is 1. The Kier molecular flexibility index (Phi) is 2.86. The van der Waals surface area contributed by atoms with Gasteiger partial charge in [-0.15, -0.1) is 0 Å². The van der Waals surface area contributed by atoms with Gasteiger partial charge in [0.1, 0.15) is 5.75 Å². The van der Waals surface area contributed by atoms with Gasteiger partial charge in [-0.1, -0.05) is 0 Å². The summed E-state index contributed by atoms with van der Waals surface area (Å²) in [6.07, 6.45) is 0.156. The van der Waals surface area contributed by atoms with Crippen LogP contribution in [0.4, 0.5) is 0 Å². The van der Waals surface area contributed by atoms with Crippen molar-refractivity contribution in [3.63, 3.8) is 0 Å². The molecule has 0 bridgehead atoms. The third kappa shape index (κ3) is 2.09. The molecule has 1 aliphatic rings. The van der Waals surface area contributed by atoms with Crippen molar-refractivity contribution in [1.82, 2.24) is 5.32 Å². The number of nitrogens with one attached hydrogen (secondary N) is 1. The highest BCUT2D eigenvalue weighted by Gasteiger charge is 2.22. The minimum Gasteiger partial charge on any atom is -0.491 e. The molecule has 15 heavy (non-hydrogen) atoms. The highest BCUT2D eigenvalue weighted by Crippen LogP contribution is 2.27. The van der Waals surface area contributed by atoms with Gasteiger partial charge >= 0.3 is 0 Å². The van der Waals surface area contributed by atoms with E-state index in [0.717, 1.165) is 20.4 Å². The fourth-order valence-corrected chi connectivity index (χ4v) is 2.53. The van der Waals surface area contributed by atoms with Crippen LogP contribution in [0.25, 0.3) is 0 Å². The van der Waals surface area contributed by atoms with E-state index < -0.39 is 0 Å². The maximum absolute atomic E-state index is 11.5. The molecule has 1 heterocycles. The maximum Gasteiger partial charge on any atom is 0.252 e. The van der Waals surface area contributed by atoms with Crippen molar-refractivity contribution in [2.75, 3.05) is 0 Å². The summed E-state index contributed by atoms with van der Waals surface area (Å²) in [6, 6.07) is 3.85. The van der Waals surface area contributed by atoms with Gasteiger partial charge in [-0.25, -0.2) is 0 Å². The molecule has 1 amide bonds. The lowest BCUT2D eigenvalue weighted by Gasteiger charge is -2.11. The van der Waals surface area contributed by atoms with Crippen LogP contribution in [0.5, 0.6) is 5.75 Å². The second-order valence-electron chi connectivity index (χ2n) is 3.79. The lowest BCUT2D eigenvalue weighted by molar-refractivity contribution is 0.0965. The zero-order valence-electron chi connectivity index (χ0n) is 8.63. The molecule has 3 nitrogen and oxygen atoms in total. The molecule has 0 saturated carbocycles. The van der Waals surface area contributed by atoms with Gasteiger partial charge in [0.15, 0.2) is 0 Å². The Morgan fingerprint density at radius 3 is 2.87 bits per heavy atom. The highest BCUT2D eigenvalue weighted by atomic mass is 127. The summed E-state index contributed by atoms with van der Waals surface area (Å²) < 4.78 is 6.57. The van der Waals surface area contributed by atoms with Gasteiger partial charge in [0.2, 0.25) is 0 Å². The lowest BCUT2D eigenvalue weighted by atomic mass is 10.1. The van der Waals surface area contributed by atoms with Crippen LogP contribution in [0.15, 0.2) is 12.1 Å². The largest absolute Gasteiger partial charge is 0.491 e. The van der Waals surface area contributed by atoms with Crippen LogP contribution in [0, 0.1) is 3.57 Å². The van der Waals surface area contributed by atoms with Crippen LogP contribution in [-0.4, -0.2) is 12.0 Å². The van der Waals surface area contributed by atoms with E-state index in [2.05, 4.69) is 27.9 Å². The van der Waals surface area contributed by atoms with E-state index in [1.807, 2.05) is 26.0 Å². The average Bonchev–Trinajstić information content (AvgIpc) is 2.46. The fraction of sp³-hybridized carbons (Fsp3) is 0.364. The Bertz CT molecular complexity index is 415. The number of rotatable bonds is 2. The third-order valence-electron chi connectivity index (χ3n) is 2.18. The summed E-state index contributed by atoms with van der Waals surface area (Å²) >= 11 is 2.17. The van der Waals surface area contributed by atoms with Crippen LogP contribution in [0.1, 0.15) is 29.8 Å². The zero-order valence-corrected chi connectivity index (χ0v) is 10.8. The molecule has 80 valence electrons. The van der Waals surface area contributed by atoms with Gasteiger partial charge in [-0.2, -0.15) is 0 Å². The molecule has 4 heteroatoms. The molecule has 0 fully saturated rings. The van der Waals surface area contributed by atoms with Crippen molar-refractivity contribution >= 4 is 28.5 Å². The van der Waals surface area contributed by atoms with E-state index in [1.54, 1.807) is 0 Å². The Morgan fingerprint density at radius 2 is 2.20 bits per heavy atom. The van der Waals surface area contributed by atoms with Gasteiger partial charge in [-0.3, -0.25) is 4.79 Å². The fourth-order valence-electron chi connectivity index (χ4n) is 1.63. The first-order valence-electron chi connectivity index (χ1n) is 4.85. The molecule has 0 saturated heterocycles. The third-order valence-corrected chi connectivity index (χ3v) is 3.03. The van der Waals surface area contributed by atoms with E-state index >= 15 is 0 Å². The van der Waals surface area contributed by atoms with E-state index in [9.17, 15) is 4.79 Å². The molecule has 1 aliphatic heterocycles. The van der Waals surface area contributed by atoms with Crippen molar-refractivity contribution in [2.45, 2.75) is 26.5 Å². The van der Waals surface area contributed by atoms with Gasteiger partial charge in [0, 0.05) is 10.1 Å². The molecule has 1 aromatic rings. The predicted octanol–water partition coefficient (Wildman–Crippen LogP) is 2.32. The SMILES string of the molecule is CC(C)Oc1cc(I)c2c(c1)CNC2=O. The van der Waals surface area contributed by atoms with E-state index in [-0.39, 0.29) is 12.0 Å². The second-order valence-corrected chi connectivity index (χ2v) is 4.95. The molecule has 1 aromatic carbocycles. The van der Waals surface area contributed by atoms with Gasteiger partial charge < -0.3 is 10.1 Å². The second kappa shape index (κ2) is 4.00. The number of ether oxygens (including phenoxy) is 1. The summed E-state index contributed by atoms with van der Waals surface area (Å²) in [5.41, 5.74) is 1.83. The standard InChI is InChI=1S/C11H12INO2/c1-6(2)15-8-3-7-5-13-11(14)10(7)9(12)4-8/h3-4,6H,5H2,1-2H3,(H,13,14). The molecule has 2 rings (SSSR count). The monoisotopic (exact) mass is 317 g/mol. The lowest BCUT2D eigenvalue weighted by Crippen LogP contribution is -2.13. The summed E-state index contributed by atoms with van der Waals surface area (Å²) in [4.78, 5) is 11.5. The Balaban J connectivity index is 2.40. The number of carbonyl (C=O) groups is 1. The average molecular weight is 317 g/mol. The summed E-state index contributed by atoms with van der Waals surface area (Å²) in [5.74, 6) is 0.857. The van der Waals surface area contributed by atoms with Crippen LogP contribution in [0.3, 0.4) is 0 Å². The number of benzene rings is 1. The Labute approximate surface area is 102 Å². The molecule has 0 atom stereocenters. The minimum atomic E-state index is 0.0190. The van der Waals surface area contributed by atoms with E-state index in [1.165, 1.54) is 0 Å². The first kappa shape index (κ1) is 10.7. The molecule has 1 N–H and O–H groups in total. The quantitative estimate of drug-likeness (QED) is 0.850. The molecular formula is C11H12INO2. The predicted molar refractivity (Wildman–Crippen MR) is 66.1 cm³/mol. The molecule has 0 aromatic heterocycles. The normalized spacial score (nSPS) is 14.0. The molecular weight excluding hydrogens is 305 g/mol. The number of fused-ring (bicyclic) bond motifs is 1. The van der Waals surface area contributed by atoms with Crippen molar-refractivity contribution in [2.24, 2.45) is 0 Å². The summed E-state index contributed by atoms with van der Waals surface area (Å²) in [5, 5.41) is 2.81. The topological polar surface area (TPSA) is 38.3 Å². The Hall–Kier alpha value is -0.780.